The van der Waals surface area contributed by atoms with E-state index in [4.69, 9.17) is 9.47 Å². The Morgan fingerprint density at radius 2 is 1.89 bits per heavy atom. The summed E-state index contributed by atoms with van der Waals surface area (Å²) in [5, 5.41) is 0. The topological polar surface area (TPSA) is 55.8 Å². The molecule has 0 fully saturated rings. The van der Waals surface area contributed by atoms with E-state index in [2.05, 4.69) is 0 Å². The first-order chi connectivity index (χ1) is 12.9. The number of carbonyl (C=O) groups excluding carboxylic acids is 2. The van der Waals surface area contributed by atoms with E-state index in [1.54, 1.807) is 36.9 Å². The summed E-state index contributed by atoms with van der Waals surface area (Å²) in [6, 6.07) is 14.9. The third-order valence-corrected chi connectivity index (χ3v) is 4.56. The van der Waals surface area contributed by atoms with Crippen LogP contribution in [0.1, 0.15) is 44.0 Å². The number of ketones is 1. The maximum atomic E-state index is 12.9. The van der Waals surface area contributed by atoms with Gasteiger partial charge >= 0.3 is 0 Å². The van der Waals surface area contributed by atoms with Gasteiger partial charge < -0.3 is 14.4 Å². The Morgan fingerprint density at radius 3 is 2.59 bits per heavy atom. The highest BCUT2D eigenvalue weighted by atomic mass is 16.5. The molecule has 0 N–H and O–H groups in total. The van der Waals surface area contributed by atoms with E-state index >= 15 is 0 Å². The zero-order valence-electron chi connectivity index (χ0n) is 16.0. The Labute approximate surface area is 159 Å². The number of carbonyl (C=O) groups is 2. The number of hydrogen-bond donors (Lipinski definition) is 0. The number of para-hydroxylation sites is 1. The molecular weight excluding hydrogens is 342 g/mol. The van der Waals surface area contributed by atoms with Gasteiger partial charge in [0.1, 0.15) is 11.5 Å². The fourth-order valence-corrected chi connectivity index (χ4v) is 3.10. The summed E-state index contributed by atoms with van der Waals surface area (Å²) in [4.78, 5) is 26.7. The van der Waals surface area contributed by atoms with Crippen molar-refractivity contribution in [3.8, 4) is 11.5 Å². The lowest BCUT2D eigenvalue weighted by molar-refractivity contribution is -0.132. The molecule has 0 saturated heterocycles. The standard InChI is InChI=1S/C22H25NO4/c1-4-19(24)16-11-12-20-18(15-16)23(21(25)22(2,3)27-20)13-8-14-26-17-9-6-5-7-10-17/h5-7,9-12,15H,4,8,13-14H2,1-3H3. The highest BCUT2D eigenvalue weighted by Gasteiger charge is 2.40. The predicted molar refractivity (Wildman–Crippen MR) is 105 cm³/mol. The molecule has 0 radical (unpaired) electrons. The van der Waals surface area contributed by atoms with Gasteiger partial charge in [-0.2, -0.15) is 0 Å². The number of hydrogen-bond acceptors (Lipinski definition) is 4. The second-order valence-electron chi connectivity index (χ2n) is 7.04. The summed E-state index contributed by atoms with van der Waals surface area (Å²) in [5.41, 5.74) is 0.306. The third kappa shape index (κ3) is 4.13. The second-order valence-corrected chi connectivity index (χ2v) is 7.04. The maximum Gasteiger partial charge on any atom is 0.270 e. The van der Waals surface area contributed by atoms with Crippen LogP contribution in [0.5, 0.6) is 11.5 Å². The lowest BCUT2D eigenvalue weighted by atomic mass is 10.0. The quantitative estimate of drug-likeness (QED) is 0.542. The fraction of sp³-hybridized carbons (Fsp3) is 0.364. The summed E-state index contributed by atoms with van der Waals surface area (Å²) in [6.07, 6.45) is 1.09. The van der Waals surface area contributed by atoms with Crippen LogP contribution in [0.3, 0.4) is 0 Å². The lowest BCUT2D eigenvalue weighted by Crippen LogP contribution is -2.53. The Kier molecular flexibility index (Phi) is 5.49. The van der Waals surface area contributed by atoms with Gasteiger partial charge in [-0.3, -0.25) is 9.59 Å². The van der Waals surface area contributed by atoms with Crippen molar-refractivity contribution in [3.63, 3.8) is 0 Å². The number of benzene rings is 2. The third-order valence-electron chi connectivity index (χ3n) is 4.56. The van der Waals surface area contributed by atoms with Crippen molar-refractivity contribution in [1.82, 2.24) is 0 Å². The number of rotatable bonds is 7. The first kappa shape index (κ1) is 19.0. The Bertz CT molecular complexity index is 829. The fourth-order valence-electron chi connectivity index (χ4n) is 3.10. The van der Waals surface area contributed by atoms with Crippen molar-refractivity contribution >= 4 is 17.4 Å². The van der Waals surface area contributed by atoms with E-state index < -0.39 is 5.60 Å². The predicted octanol–water partition coefficient (Wildman–Crippen LogP) is 4.25. The minimum absolute atomic E-state index is 0.0439. The molecule has 0 spiro atoms. The van der Waals surface area contributed by atoms with Crippen molar-refractivity contribution in [3.05, 3.63) is 54.1 Å². The molecule has 1 amide bonds. The van der Waals surface area contributed by atoms with Gasteiger partial charge in [0.2, 0.25) is 0 Å². The van der Waals surface area contributed by atoms with Crippen LogP contribution in [0.25, 0.3) is 0 Å². The summed E-state index contributed by atoms with van der Waals surface area (Å²) < 4.78 is 11.6. The molecule has 1 heterocycles. The van der Waals surface area contributed by atoms with Gasteiger partial charge in [-0.15, -0.1) is 0 Å². The molecule has 0 aromatic heterocycles. The van der Waals surface area contributed by atoms with Gasteiger partial charge in [0.05, 0.1) is 12.3 Å². The molecule has 142 valence electrons. The normalized spacial score (nSPS) is 15.1. The van der Waals surface area contributed by atoms with Gasteiger partial charge in [0.15, 0.2) is 11.4 Å². The number of Topliss-reactive ketones (excluding diaryl/α,β-unsaturated/α-hetero) is 1. The van der Waals surface area contributed by atoms with Crippen LogP contribution in [0.2, 0.25) is 0 Å². The summed E-state index contributed by atoms with van der Waals surface area (Å²) in [7, 11) is 0. The summed E-state index contributed by atoms with van der Waals surface area (Å²) >= 11 is 0. The molecule has 27 heavy (non-hydrogen) atoms. The minimum atomic E-state index is -0.941. The van der Waals surface area contributed by atoms with E-state index in [9.17, 15) is 9.59 Å². The van der Waals surface area contributed by atoms with E-state index in [-0.39, 0.29) is 11.7 Å². The van der Waals surface area contributed by atoms with Gasteiger partial charge in [-0.05, 0) is 50.6 Å². The largest absolute Gasteiger partial charge is 0.494 e. The van der Waals surface area contributed by atoms with Crippen LogP contribution in [0.15, 0.2) is 48.5 Å². The van der Waals surface area contributed by atoms with E-state index in [1.807, 2.05) is 37.3 Å². The average molecular weight is 367 g/mol. The van der Waals surface area contributed by atoms with Crippen LogP contribution in [0, 0.1) is 0 Å². The van der Waals surface area contributed by atoms with Crippen LogP contribution in [-0.4, -0.2) is 30.4 Å². The zero-order valence-corrected chi connectivity index (χ0v) is 16.0. The van der Waals surface area contributed by atoms with Crippen LogP contribution in [0.4, 0.5) is 5.69 Å². The molecule has 0 bridgehead atoms. The molecule has 5 heteroatoms. The Morgan fingerprint density at radius 1 is 1.15 bits per heavy atom. The molecule has 1 aliphatic rings. The maximum absolute atomic E-state index is 12.9. The van der Waals surface area contributed by atoms with Crippen LogP contribution in [-0.2, 0) is 4.79 Å². The van der Waals surface area contributed by atoms with Crippen molar-refractivity contribution < 1.29 is 19.1 Å². The van der Waals surface area contributed by atoms with Gasteiger partial charge in [-0.1, -0.05) is 25.1 Å². The van der Waals surface area contributed by atoms with Crippen molar-refractivity contribution in [1.29, 1.82) is 0 Å². The van der Waals surface area contributed by atoms with E-state index in [0.29, 0.717) is 43.0 Å². The number of fused-ring (bicyclic) bond motifs is 1. The van der Waals surface area contributed by atoms with Crippen LogP contribution >= 0.6 is 0 Å². The summed E-state index contributed by atoms with van der Waals surface area (Å²) in [6.45, 7) is 6.34. The van der Waals surface area contributed by atoms with Gasteiger partial charge in [-0.25, -0.2) is 0 Å². The summed E-state index contributed by atoms with van der Waals surface area (Å²) in [5.74, 6) is 1.36. The number of anilines is 1. The number of amides is 1. The van der Waals surface area contributed by atoms with Crippen molar-refractivity contribution in [2.75, 3.05) is 18.1 Å². The van der Waals surface area contributed by atoms with Gasteiger partial charge in [0, 0.05) is 18.5 Å². The Balaban J connectivity index is 1.76. The van der Waals surface area contributed by atoms with E-state index in [1.165, 1.54) is 0 Å². The average Bonchev–Trinajstić information content (AvgIpc) is 2.67. The van der Waals surface area contributed by atoms with Crippen molar-refractivity contribution in [2.24, 2.45) is 0 Å². The molecule has 0 saturated carbocycles. The highest BCUT2D eigenvalue weighted by molar-refractivity contribution is 6.04. The van der Waals surface area contributed by atoms with Crippen LogP contribution < -0.4 is 14.4 Å². The number of ether oxygens (including phenoxy) is 2. The number of nitrogens with zero attached hydrogens (tertiary/aromatic N) is 1. The molecule has 2 aromatic rings. The molecule has 5 nitrogen and oxygen atoms in total. The highest BCUT2D eigenvalue weighted by Crippen LogP contribution is 2.38. The molecular formula is C22H25NO4. The molecule has 2 aromatic carbocycles. The lowest BCUT2D eigenvalue weighted by Gasteiger charge is -2.39. The second kappa shape index (κ2) is 7.82. The smallest absolute Gasteiger partial charge is 0.270 e. The SMILES string of the molecule is CCC(=O)c1ccc2c(c1)N(CCCOc1ccccc1)C(=O)C(C)(C)O2. The molecule has 0 unspecified atom stereocenters. The first-order valence-corrected chi connectivity index (χ1v) is 9.28. The minimum Gasteiger partial charge on any atom is -0.494 e. The van der Waals surface area contributed by atoms with Gasteiger partial charge in [0.25, 0.3) is 5.91 Å². The van der Waals surface area contributed by atoms with Crippen molar-refractivity contribution in [2.45, 2.75) is 39.2 Å². The monoisotopic (exact) mass is 367 g/mol. The Hall–Kier alpha value is -2.82. The first-order valence-electron chi connectivity index (χ1n) is 9.28. The zero-order chi connectivity index (χ0) is 19.4. The molecule has 3 rings (SSSR count). The molecule has 1 aliphatic heterocycles. The molecule has 0 aliphatic carbocycles. The van der Waals surface area contributed by atoms with E-state index in [0.717, 1.165) is 5.75 Å². The molecule has 0 atom stereocenters.